The summed E-state index contributed by atoms with van der Waals surface area (Å²) in [6, 6.07) is 13.7. The number of anilines is 2. The van der Waals surface area contributed by atoms with Gasteiger partial charge in [-0.05, 0) is 95.7 Å². The fourth-order valence-electron chi connectivity index (χ4n) is 2.51. The number of sulfonamides is 1. The lowest BCUT2D eigenvalue weighted by Gasteiger charge is -2.11. The van der Waals surface area contributed by atoms with Gasteiger partial charge in [-0.2, -0.15) is 0 Å². The second-order valence-electron chi connectivity index (χ2n) is 6.17. The lowest BCUT2D eigenvalue weighted by atomic mass is 10.1. The van der Waals surface area contributed by atoms with Gasteiger partial charge < -0.3 is 5.32 Å². The Morgan fingerprint density at radius 1 is 0.931 bits per heavy atom. The summed E-state index contributed by atoms with van der Waals surface area (Å²) in [7, 11) is -4.10. The zero-order chi connectivity index (χ0) is 21.2. The summed E-state index contributed by atoms with van der Waals surface area (Å²) < 4.78 is 54.2. The molecular formula is C20H15F2IN2O3S. The SMILES string of the molecule is Cc1cc(I)ccc1NC(=O)c1ccc(NS(=O)(=O)c2ccc(F)c(F)c2)cc1. The van der Waals surface area contributed by atoms with Crippen LogP contribution in [0.5, 0.6) is 0 Å². The number of hydrogen-bond donors (Lipinski definition) is 2. The Labute approximate surface area is 180 Å². The van der Waals surface area contributed by atoms with E-state index in [0.29, 0.717) is 17.3 Å². The van der Waals surface area contributed by atoms with Crippen LogP contribution in [0.4, 0.5) is 20.2 Å². The summed E-state index contributed by atoms with van der Waals surface area (Å²) in [5, 5.41) is 2.80. The van der Waals surface area contributed by atoms with Crippen molar-refractivity contribution in [3.8, 4) is 0 Å². The number of amides is 1. The van der Waals surface area contributed by atoms with Crippen LogP contribution in [0.3, 0.4) is 0 Å². The van der Waals surface area contributed by atoms with E-state index in [2.05, 4.69) is 32.6 Å². The Bertz CT molecular complexity index is 1180. The molecule has 150 valence electrons. The quantitative estimate of drug-likeness (QED) is 0.462. The van der Waals surface area contributed by atoms with Crippen molar-refractivity contribution in [3.63, 3.8) is 0 Å². The van der Waals surface area contributed by atoms with E-state index in [1.165, 1.54) is 24.3 Å². The number of benzene rings is 3. The minimum absolute atomic E-state index is 0.178. The zero-order valence-corrected chi connectivity index (χ0v) is 18.0. The minimum atomic E-state index is -4.10. The van der Waals surface area contributed by atoms with Gasteiger partial charge in [0.15, 0.2) is 11.6 Å². The molecule has 5 nitrogen and oxygen atoms in total. The molecule has 0 fully saturated rings. The van der Waals surface area contributed by atoms with E-state index in [1.54, 1.807) is 6.07 Å². The molecule has 3 rings (SSSR count). The van der Waals surface area contributed by atoms with Crippen LogP contribution in [0.1, 0.15) is 15.9 Å². The van der Waals surface area contributed by atoms with Crippen LogP contribution in [-0.2, 0) is 10.0 Å². The van der Waals surface area contributed by atoms with Crippen LogP contribution in [0.2, 0.25) is 0 Å². The number of aryl methyl sites for hydroxylation is 1. The number of carbonyl (C=O) groups excluding carboxylic acids is 1. The van der Waals surface area contributed by atoms with E-state index in [4.69, 9.17) is 0 Å². The van der Waals surface area contributed by atoms with Crippen molar-refractivity contribution in [2.75, 3.05) is 10.0 Å². The Morgan fingerprint density at radius 3 is 2.24 bits per heavy atom. The summed E-state index contributed by atoms with van der Waals surface area (Å²) >= 11 is 2.18. The molecule has 0 radical (unpaired) electrons. The second-order valence-corrected chi connectivity index (χ2v) is 9.10. The number of halogens is 3. The molecule has 0 aliphatic heterocycles. The molecule has 0 saturated carbocycles. The molecule has 0 spiro atoms. The van der Waals surface area contributed by atoms with Crippen molar-refractivity contribution >= 4 is 49.9 Å². The van der Waals surface area contributed by atoms with Gasteiger partial charge in [-0.15, -0.1) is 0 Å². The standard InChI is InChI=1S/C20H15F2IN2O3S/c1-12-10-14(23)4-9-19(12)24-20(26)13-2-5-15(6-3-13)25-29(27,28)16-7-8-17(21)18(22)11-16/h2-11,25H,1H3,(H,24,26). The Hall–Kier alpha value is -2.53. The molecule has 0 heterocycles. The van der Waals surface area contributed by atoms with Crippen LogP contribution in [0.25, 0.3) is 0 Å². The molecule has 0 atom stereocenters. The van der Waals surface area contributed by atoms with Crippen molar-refractivity contribution in [2.45, 2.75) is 11.8 Å². The Kier molecular flexibility index (Phi) is 6.18. The van der Waals surface area contributed by atoms with Crippen molar-refractivity contribution in [3.05, 3.63) is 87.0 Å². The largest absolute Gasteiger partial charge is 0.322 e. The summed E-state index contributed by atoms with van der Waals surface area (Å²) in [5.41, 5.74) is 2.11. The van der Waals surface area contributed by atoms with Crippen LogP contribution in [0, 0.1) is 22.1 Å². The van der Waals surface area contributed by atoms with Crippen LogP contribution in [0.15, 0.2) is 65.6 Å². The Balaban J connectivity index is 1.74. The third kappa shape index (κ3) is 5.10. The number of nitrogens with one attached hydrogen (secondary N) is 2. The monoisotopic (exact) mass is 528 g/mol. The first kappa shape index (κ1) is 21.2. The van der Waals surface area contributed by atoms with E-state index >= 15 is 0 Å². The van der Waals surface area contributed by atoms with Gasteiger partial charge in [0, 0.05) is 20.5 Å². The molecule has 1 amide bonds. The van der Waals surface area contributed by atoms with Gasteiger partial charge in [-0.25, -0.2) is 17.2 Å². The third-order valence-corrected chi connectivity index (χ3v) is 6.09. The third-order valence-electron chi connectivity index (χ3n) is 4.04. The summed E-state index contributed by atoms with van der Waals surface area (Å²) in [6.07, 6.45) is 0. The lowest BCUT2D eigenvalue weighted by Crippen LogP contribution is -2.15. The number of carbonyl (C=O) groups is 1. The molecule has 2 N–H and O–H groups in total. The highest BCUT2D eigenvalue weighted by molar-refractivity contribution is 14.1. The molecule has 0 unspecified atom stereocenters. The second kappa shape index (κ2) is 8.46. The van der Waals surface area contributed by atoms with E-state index in [0.717, 1.165) is 21.3 Å². The van der Waals surface area contributed by atoms with Gasteiger partial charge in [0.2, 0.25) is 0 Å². The molecule has 0 saturated heterocycles. The summed E-state index contributed by atoms with van der Waals surface area (Å²) in [4.78, 5) is 12.0. The average Bonchev–Trinajstić information content (AvgIpc) is 2.66. The maximum Gasteiger partial charge on any atom is 0.261 e. The molecule has 0 aliphatic rings. The lowest BCUT2D eigenvalue weighted by molar-refractivity contribution is 0.102. The molecule has 3 aromatic carbocycles. The molecular weight excluding hydrogens is 513 g/mol. The van der Waals surface area contributed by atoms with Crippen LogP contribution < -0.4 is 10.0 Å². The van der Waals surface area contributed by atoms with Gasteiger partial charge in [-0.1, -0.05) is 0 Å². The first-order valence-corrected chi connectivity index (χ1v) is 10.9. The van der Waals surface area contributed by atoms with Crippen LogP contribution in [-0.4, -0.2) is 14.3 Å². The van der Waals surface area contributed by atoms with E-state index < -0.39 is 26.6 Å². The predicted molar refractivity (Wildman–Crippen MR) is 115 cm³/mol. The van der Waals surface area contributed by atoms with Gasteiger partial charge in [0.1, 0.15) is 0 Å². The van der Waals surface area contributed by atoms with Gasteiger partial charge >= 0.3 is 0 Å². The molecule has 0 bridgehead atoms. The van der Waals surface area contributed by atoms with Gasteiger partial charge in [0.05, 0.1) is 4.90 Å². The topological polar surface area (TPSA) is 75.3 Å². The maximum absolute atomic E-state index is 13.3. The predicted octanol–water partition coefficient (Wildman–Crippen LogP) is 4.93. The Morgan fingerprint density at radius 2 is 1.62 bits per heavy atom. The van der Waals surface area contributed by atoms with Crippen LogP contribution >= 0.6 is 22.6 Å². The van der Waals surface area contributed by atoms with Gasteiger partial charge in [0.25, 0.3) is 15.9 Å². The fraction of sp³-hybridized carbons (Fsp3) is 0.0500. The van der Waals surface area contributed by atoms with E-state index in [9.17, 15) is 22.0 Å². The maximum atomic E-state index is 13.3. The molecule has 0 aromatic heterocycles. The van der Waals surface area contributed by atoms with Crippen molar-refractivity contribution in [1.29, 1.82) is 0 Å². The highest BCUT2D eigenvalue weighted by Gasteiger charge is 2.17. The molecule has 29 heavy (non-hydrogen) atoms. The zero-order valence-electron chi connectivity index (χ0n) is 15.0. The average molecular weight is 528 g/mol. The molecule has 3 aromatic rings. The highest BCUT2D eigenvalue weighted by Crippen LogP contribution is 2.21. The minimum Gasteiger partial charge on any atom is -0.322 e. The van der Waals surface area contributed by atoms with E-state index in [1.807, 2.05) is 19.1 Å². The first-order chi connectivity index (χ1) is 13.7. The summed E-state index contributed by atoms with van der Waals surface area (Å²) in [5.74, 6) is -2.74. The van der Waals surface area contributed by atoms with E-state index in [-0.39, 0.29) is 11.6 Å². The molecule has 9 heteroatoms. The van der Waals surface area contributed by atoms with Crippen molar-refractivity contribution in [1.82, 2.24) is 0 Å². The normalized spacial score (nSPS) is 11.2. The summed E-state index contributed by atoms with van der Waals surface area (Å²) in [6.45, 7) is 1.88. The first-order valence-electron chi connectivity index (χ1n) is 8.31. The van der Waals surface area contributed by atoms with Gasteiger partial charge in [-0.3, -0.25) is 9.52 Å². The molecule has 0 aliphatic carbocycles. The van der Waals surface area contributed by atoms with Crippen molar-refractivity contribution < 1.29 is 22.0 Å². The number of hydrogen-bond acceptors (Lipinski definition) is 3. The fourth-order valence-corrected chi connectivity index (χ4v) is 4.23. The number of rotatable bonds is 5. The van der Waals surface area contributed by atoms with Crippen molar-refractivity contribution in [2.24, 2.45) is 0 Å². The highest BCUT2D eigenvalue weighted by atomic mass is 127. The smallest absolute Gasteiger partial charge is 0.261 e.